The van der Waals surface area contributed by atoms with E-state index in [0.29, 0.717) is 24.7 Å². The summed E-state index contributed by atoms with van der Waals surface area (Å²) in [6.07, 6.45) is 3.05. The van der Waals surface area contributed by atoms with E-state index in [1.807, 2.05) is 6.92 Å². The summed E-state index contributed by atoms with van der Waals surface area (Å²) in [6, 6.07) is 0. The lowest BCUT2D eigenvalue weighted by Gasteiger charge is -2.10. The maximum atomic E-state index is 11.9. The molecule has 6 heteroatoms. The van der Waals surface area contributed by atoms with Gasteiger partial charge >= 0.3 is 5.97 Å². The van der Waals surface area contributed by atoms with Crippen molar-refractivity contribution in [1.29, 1.82) is 0 Å². The predicted molar refractivity (Wildman–Crippen MR) is 73.2 cm³/mol. The number of carbonyl (C=O) groups excluding carboxylic acids is 1. The Kier molecular flexibility index (Phi) is 7.22. The molecule has 0 saturated carbocycles. The summed E-state index contributed by atoms with van der Waals surface area (Å²) >= 11 is 0. The largest absolute Gasteiger partial charge is 0.465 e. The Hall–Kier alpha value is -1.43. The first kappa shape index (κ1) is 16.6. The molecule has 1 aromatic heterocycles. The van der Waals surface area contributed by atoms with Crippen molar-refractivity contribution < 1.29 is 18.8 Å². The van der Waals surface area contributed by atoms with Crippen LogP contribution in [0.4, 0.5) is 0 Å². The van der Waals surface area contributed by atoms with E-state index in [0.717, 1.165) is 19.3 Å². The molecule has 0 N–H and O–H groups in total. The number of hydrogen-bond acceptors (Lipinski definition) is 6. The Morgan fingerprint density at radius 1 is 1.25 bits per heavy atom. The van der Waals surface area contributed by atoms with Gasteiger partial charge in [-0.05, 0) is 19.8 Å². The number of carbonyl (C=O) groups is 1. The Morgan fingerprint density at radius 2 is 1.95 bits per heavy atom. The molecule has 2 atom stereocenters. The molecule has 20 heavy (non-hydrogen) atoms. The molecule has 0 aliphatic heterocycles. The first-order valence-electron chi connectivity index (χ1n) is 7.20. The summed E-state index contributed by atoms with van der Waals surface area (Å²) in [7, 11) is 1.62. The molecule has 1 heterocycles. The van der Waals surface area contributed by atoms with Gasteiger partial charge in [0.25, 0.3) is 0 Å². The van der Waals surface area contributed by atoms with Gasteiger partial charge in [0.05, 0.1) is 6.61 Å². The van der Waals surface area contributed by atoms with E-state index in [1.165, 1.54) is 0 Å². The van der Waals surface area contributed by atoms with E-state index < -0.39 is 5.92 Å². The van der Waals surface area contributed by atoms with E-state index in [-0.39, 0.29) is 12.1 Å². The van der Waals surface area contributed by atoms with Gasteiger partial charge in [0.1, 0.15) is 12.0 Å². The molecule has 2 unspecified atom stereocenters. The highest BCUT2D eigenvalue weighted by Gasteiger charge is 2.28. The average Bonchev–Trinajstić information content (AvgIpc) is 2.91. The van der Waals surface area contributed by atoms with Crippen molar-refractivity contribution in [1.82, 2.24) is 10.1 Å². The number of ether oxygens (including phenoxy) is 2. The molecule has 6 nitrogen and oxygen atoms in total. The van der Waals surface area contributed by atoms with Gasteiger partial charge < -0.3 is 14.0 Å². The maximum absolute atomic E-state index is 11.9. The Bertz CT molecular complexity index is 406. The van der Waals surface area contributed by atoms with Crippen LogP contribution >= 0.6 is 0 Å². The van der Waals surface area contributed by atoms with Crippen LogP contribution in [0.5, 0.6) is 0 Å². The standard InChI is InChI=1S/C14H24N2O4/c1-5-8-10(14(17)19-7-3)13-15-12(16-20-13)11(18-4)9-6-2/h10-11H,5-9H2,1-4H3. The van der Waals surface area contributed by atoms with Crippen molar-refractivity contribution >= 4 is 5.97 Å². The Balaban J connectivity index is 2.87. The van der Waals surface area contributed by atoms with Crippen LogP contribution in [0.25, 0.3) is 0 Å². The zero-order chi connectivity index (χ0) is 15.0. The normalized spacial score (nSPS) is 14.0. The zero-order valence-electron chi connectivity index (χ0n) is 12.7. The molecule has 0 saturated heterocycles. The molecular formula is C14H24N2O4. The predicted octanol–water partition coefficient (Wildman–Crippen LogP) is 3.00. The van der Waals surface area contributed by atoms with Crippen LogP contribution in [0.1, 0.15) is 70.2 Å². The van der Waals surface area contributed by atoms with Crippen LogP contribution in [-0.4, -0.2) is 29.8 Å². The number of rotatable bonds is 9. The molecule has 0 aromatic carbocycles. The van der Waals surface area contributed by atoms with Gasteiger partial charge in [-0.25, -0.2) is 0 Å². The maximum Gasteiger partial charge on any atom is 0.318 e. The lowest BCUT2D eigenvalue weighted by atomic mass is 10.0. The Labute approximate surface area is 119 Å². The molecule has 1 aromatic rings. The lowest BCUT2D eigenvalue weighted by molar-refractivity contribution is -0.145. The summed E-state index contributed by atoms with van der Waals surface area (Å²) < 4.78 is 15.6. The van der Waals surface area contributed by atoms with Crippen molar-refractivity contribution in [3.63, 3.8) is 0 Å². The second kappa shape index (κ2) is 8.68. The van der Waals surface area contributed by atoms with Crippen LogP contribution in [0, 0.1) is 0 Å². The summed E-state index contributed by atoms with van der Waals surface area (Å²) in [6.45, 7) is 6.18. The van der Waals surface area contributed by atoms with Gasteiger partial charge in [-0.15, -0.1) is 0 Å². The van der Waals surface area contributed by atoms with Crippen molar-refractivity contribution in [2.75, 3.05) is 13.7 Å². The number of nitrogens with zero attached hydrogens (tertiary/aromatic N) is 2. The molecule has 0 spiro atoms. The number of methoxy groups -OCH3 is 1. The molecule has 0 radical (unpaired) electrons. The molecule has 0 fully saturated rings. The molecule has 0 bridgehead atoms. The fraction of sp³-hybridized carbons (Fsp3) is 0.786. The number of hydrogen-bond donors (Lipinski definition) is 0. The van der Waals surface area contributed by atoms with Crippen LogP contribution in [0.3, 0.4) is 0 Å². The minimum atomic E-state index is -0.486. The second-order valence-corrected chi connectivity index (χ2v) is 4.60. The van der Waals surface area contributed by atoms with E-state index in [4.69, 9.17) is 14.0 Å². The fourth-order valence-electron chi connectivity index (χ4n) is 2.01. The van der Waals surface area contributed by atoms with Gasteiger partial charge in [-0.2, -0.15) is 4.98 Å². The van der Waals surface area contributed by atoms with E-state index in [1.54, 1.807) is 14.0 Å². The van der Waals surface area contributed by atoms with Crippen molar-refractivity contribution in [3.05, 3.63) is 11.7 Å². The van der Waals surface area contributed by atoms with Gasteiger partial charge in [-0.3, -0.25) is 4.79 Å². The summed E-state index contributed by atoms with van der Waals surface area (Å²) in [4.78, 5) is 16.2. The van der Waals surface area contributed by atoms with E-state index in [2.05, 4.69) is 17.1 Å². The van der Waals surface area contributed by atoms with Gasteiger partial charge in [0.15, 0.2) is 0 Å². The third-order valence-electron chi connectivity index (χ3n) is 3.03. The monoisotopic (exact) mass is 284 g/mol. The molecule has 0 amide bonds. The quantitative estimate of drug-likeness (QED) is 0.649. The lowest BCUT2D eigenvalue weighted by Crippen LogP contribution is -2.16. The van der Waals surface area contributed by atoms with Crippen molar-refractivity contribution in [2.45, 2.75) is 58.5 Å². The smallest absolute Gasteiger partial charge is 0.318 e. The first-order valence-corrected chi connectivity index (χ1v) is 7.20. The SMILES string of the molecule is CCCC(OC)c1noc(C(CCC)C(=O)OCC)n1. The van der Waals surface area contributed by atoms with Gasteiger partial charge in [0.2, 0.25) is 11.7 Å². The number of esters is 1. The topological polar surface area (TPSA) is 74.5 Å². The zero-order valence-corrected chi connectivity index (χ0v) is 12.7. The molecule has 0 aliphatic carbocycles. The molecule has 114 valence electrons. The summed E-state index contributed by atoms with van der Waals surface area (Å²) in [5.41, 5.74) is 0. The highest BCUT2D eigenvalue weighted by atomic mass is 16.5. The molecule has 1 rings (SSSR count). The third kappa shape index (κ3) is 4.30. The fourth-order valence-corrected chi connectivity index (χ4v) is 2.01. The van der Waals surface area contributed by atoms with Crippen LogP contribution in [0.2, 0.25) is 0 Å². The summed E-state index contributed by atoms with van der Waals surface area (Å²) in [5, 5.41) is 3.93. The minimum Gasteiger partial charge on any atom is -0.465 e. The summed E-state index contributed by atoms with van der Waals surface area (Å²) in [5.74, 6) is 0.0162. The first-order chi connectivity index (χ1) is 9.67. The third-order valence-corrected chi connectivity index (χ3v) is 3.03. The second-order valence-electron chi connectivity index (χ2n) is 4.60. The molecular weight excluding hydrogens is 260 g/mol. The van der Waals surface area contributed by atoms with E-state index >= 15 is 0 Å². The average molecular weight is 284 g/mol. The van der Waals surface area contributed by atoms with Gasteiger partial charge in [-0.1, -0.05) is 31.8 Å². The van der Waals surface area contributed by atoms with Crippen LogP contribution < -0.4 is 0 Å². The Morgan fingerprint density at radius 3 is 2.50 bits per heavy atom. The highest BCUT2D eigenvalue weighted by molar-refractivity contribution is 5.76. The van der Waals surface area contributed by atoms with E-state index in [9.17, 15) is 4.79 Å². The van der Waals surface area contributed by atoms with Crippen molar-refractivity contribution in [2.24, 2.45) is 0 Å². The highest BCUT2D eigenvalue weighted by Crippen LogP contribution is 2.25. The van der Waals surface area contributed by atoms with Crippen molar-refractivity contribution in [3.8, 4) is 0 Å². The molecule has 0 aliphatic rings. The van der Waals surface area contributed by atoms with Gasteiger partial charge in [0, 0.05) is 7.11 Å². The number of aromatic nitrogens is 2. The minimum absolute atomic E-state index is 0.193. The van der Waals surface area contributed by atoms with Crippen LogP contribution in [-0.2, 0) is 14.3 Å². The van der Waals surface area contributed by atoms with Crippen LogP contribution in [0.15, 0.2) is 4.52 Å².